The van der Waals surface area contributed by atoms with E-state index in [-0.39, 0.29) is 23.8 Å². The van der Waals surface area contributed by atoms with Crippen molar-refractivity contribution in [3.8, 4) is 0 Å². The average molecular weight is 500 g/mol. The third kappa shape index (κ3) is 5.02. The molecular weight excluding hydrogens is 458 g/mol. The Morgan fingerprint density at radius 3 is 2.38 bits per heavy atom. The summed E-state index contributed by atoms with van der Waals surface area (Å²) in [5, 5.41) is 3.28. The van der Waals surface area contributed by atoms with Crippen LogP contribution in [0.15, 0.2) is 42.5 Å². The van der Waals surface area contributed by atoms with Crippen molar-refractivity contribution in [1.29, 1.82) is 0 Å². The van der Waals surface area contributed by atoms with Crippen LogP contribution in [0.3, 0.4) is 0 Å². The Kier molecular flexibility index (Phi) is 7.21. The number of fused-ring (bicyclic) bond motifs is 1. The Balaban J connectivity index is 1.28. The van der Waals surface area contributed by atoms with Gasteiger partial charge in [0.15, 0.2) is 0 Å². The molecule has 2 aliphatic carbocycles. The number of anilines is 2. The van der Waals surface area contributed by atoms with Crippen molar-refractivity contribution in [2.75, 3.05) is 29.9 Å². The Labute approximate surface area is 221 Å². The van der Waals surface area contributed by atoms with Crippen LogP contribution in [0.25, 0.3) is 0 Å². The summed E-state index contributed by atoms with van der Waals surface area (Å²) in [5.41, 5.74) is 5.59. The van der Waals surface area contributed by atoms with E-state index in [1.54, 1.807) is 0 Å². The lowest BCUT2D eigenvalue weighted by Crippen LogP contribution is -2.55. The normalized spacial score (nSPS) is 24.2. The van der Waals surface area contributed by atoms with Crippen molar-refractivity contribution in [3.63, 3.8) is 0 Å². The highest BCUT2D eigenvalue weighted by molar-refractivity contribution is 6.01. The van der Waals surface area contributed by atoms with E-state index in [9.17, 15) is 9.59 Å². The second-order valence-corrected chi connectivity index (χ2v) is 11.7. The molecule has 2 aromatic carbocycles. The van der Waals surface area contributed by atoms with Crippen molar-refractivity contribution in [1.82, 2.24) is 4.90 Å². The highest BCUT2D eigenvalue weighted by Gasteiger charge is 2.43. The van der Waals surface area contributed by atoms with Crippen LogP contribution in [0, 0.1) is 11.8 Å². The third-order valence-corrected chi connectivity index (χ3v) is 9.36. The molecule has 0 bridgehead atoms. The fraction of sp³-hybridized carbons (Fsp3) is 0.562. The van der Waals surface area contributed by atoms with Crippen LogP contribution < -0.4 is 10.2 Å². The van der Waals surface area contributed by atoms with Gasteiger partial charge in [-0.15, -0.1) is 0 Å². The van der Waals surface area contributed by atoms with Gasteiger partial charge >= 0.3 is 0 Å². The van der Waals surface area contributed by atoms with Gasteiger partial charge in [-0.1, -0.05) is 37.5 Å². The lowest BCUT2D eigenvalue weighted by atomic mass is 9.74. The van der Waals surface area contributed by atoms with Crippen molar-refractivity contribution in [2.24, 2.45) is 11.8 Å². The fourth-order valence-electron chi connectivity index (χ4n) is 7.53. The summed E-state index contributed by atoms with van der Waals surface area (Å²) >= 11 is 0. The molecule has 5 nitrogen and oxygen atoms in total. The van der Waals surface area contributed by atoms with Gasteiger partial charge < -0.3 is 15.1 Å². The molecule has 0 radical (unpaired) electrons. The van der Waals surface area contributed by atoms with E-state index in [2.05, 4.69) is 39.4 Å². The minimum Gasteiger partial charge on any atom is -0.371 e. The quantitative estimate of drug-likeness (QED) is 0.532. The average Bonchev–Trinajstić information content (AvgIpc) is 3.65. The van der Waals surface area contributed by atoms with Gasteiger partial charge in [-0.05, 0) is 99.1 Å². The van der Waals surface area contributed by atoms with Crippen LogP contribution in [0.2, 0.25) is 0 Å². The number of likely N-dealkylation sites (tertiary alicyclic amines) is 1. The zero-order valence-electron chi connectivity index (χ0n) is 22.1. The van der Waals surface area contributed by atoms with Gasteiger partial charge in [0.05, 0.1) is 11.5 Å². The molecule has 2 atom stereocenters. The fourth-order valence-corrected chi connectivity index (χ4v) is 7.53. The molecule has 4 aliphatic rings. The minimum absolute atomic E-state index is 0.0254. The highest BCUT2D eigenvalue weighted by atomic mass is 16.2. The van der Waals surface area contributed by atoms with E-state index >= 15 is 0 Å². The molecule has 1 N–H and O–H groups in total. The molecule has 196 valence electrons. The zero-order chi connectivity index (χ0) is 25.2. The van der Waals surface area contributed by atoms with E-state index in [1.807, 2.05) is 18.2 Å². The maximum atomic E-state index is 14.3. The SMILES string of the molecule is O=C(Nc1ccc2c(c1)CCC2)[C@H]1CCCN(C(=O)c2ccccc2N2CCCC2)[C@H]1C1CCCCC1. The summed E-state index contributed by atoms with van der Waals surface area (Å²) in [5.74, 6) is 0.452. The van der Waals surface area contributed by atoms with Crippen molar-refractivity contribution in [3.05, 3.63) is 59.2 Å². The smallest absolute Gasteiger partial charge is 0.256 e. The van der Waals surface area contributed by atoms with Crippen LogP contribution in [0.5, 0.6) is 0 Å². The van der Waals surface area contributed by atoms with Crippen LogP contribution in [0.1, 0.15) is 85.7 Å². The number of carbonyl (C=O) groups excluding carboxylic acids is 2. The molecule has 2 saturated heterocycles. The number of nitrogens with zero attached hydrogens (tertiary/aromatic N) is 2. The van der Waals surface area contributed by atoms with Crippen molar-refractivity contribution in [2.45, 2.75) is 83.1 Å². The summed E-state index contributed by atoms with van der Waals surface area (Å²) in [7, 11) is 0. The topological polar surface area (TPSA) is 52.7 Å². The summed E-state index contributed by atoms with van der Waals surface area (Å²) in [6.07, 6.45) is 13.4. The Hall–Kier alpha value is -2.82. The predicted molar refractivity (Wildman–Crippen MR) is 149 cm³/mol. The largest absolute Gasteiger partial charge is 0.371 e. The number of piperidine rings is 1. The number of hydrogen-bond acceptors (Lipinski definition) is 3. The first-order valence-electron chi connectivity index (χ1n) is 14.8. The van der Waals surface area contributed by atoms with Gasteiger partial charge in [0.1, 0.15) is 0 Å². The molecule has 2 amide bonds. The molecule has 1 saturated carbocycles. The first-order chi connectivity index (χ1) is 18.2. The summed E-state index contributed by atoms with van der Waals surface area (Å²) in [4.78, 5) is 32.6. The predicted octanol–water partition coefficient (Wildman–Crippen LogP) is 6.22. The maximum absolute atomic E-state index is 14.3. The first-order valence-corrected chi connectivity index (χ1v) is 14.8. The lowest BCUT2D eigenvalue weighted by Gasteiger charge is -2.46. The standard InChI is InChI=1S/C32H41N3O2/c36-31(33-26-18-17-23-12-8-13-25(23)22-26)28-15-9-21-35(30(28)24-10-2-1-3-11-24)32(37)27-14-4-5-16-29(27)34-19-6-7-20-34/h4-5,14,16-18,22,24,28,30H,1-3,6-13,15,19-21H2,(H,33,36)/t28-,30-/m0/s1. The molecule has 0 spiro atoms. The molecule has 0 unspecified atom stereocenters. The van der Waals surface area contributed by atoms with Gasteiger partial charge in [0, 0.05) is 37.1 Å². The number of hydrogen-bond donors (Lipinski definition) is 1. The zero-order valence-corrected chi connectivity index (χ0v) is 22.1. The molecule has 0 aromatic heterocycles. The summed E-state index contributed by atoms with van der Waals surface area (Å²) in [6, 6.07) is 14.5. The molecule has 2 aliphatic heterocycles. The second-order valence-electron chi connectivity index (χ2n) is 11.7. The third-order valence-electron chi connectivity index (χ3n) is 9.36. The van der Waals surface area contributed by atoms with E-state index in [1.165, 1.54) is 49.7 Å². The number of rotatable bonds is 5. The molecule has 2 heterocycles. The number of carbonyl (C=O) groups is 2. The van der Waals surface area contributed by atoms with Crippen LogP contribution in [-0.4, -0.2) is 42.4 Å². The highest BCUT2D eigenvalue weighted by Crippen LogP contribution is 2.39. The monoisotopic (exact) mass is 499 g/mol. The van der Waals surface area contributed by atoms with Crippen LogP contribution >= 0.6 is 0 Å². The van der Waals surface area contributed by atoms with Gasteiger partial charge in [-0.25, -0.2) is 0 Å². The second kappa shape index (κ2) is 10.9. The van der Waals surface area contributed by atoms with Gasteiger partial charge in [0.2, 0.25) is 5.91 Å². The number of nitrogens with one attached hydrogen (secondary N) is 1. The molecule has 37 heavy (non-hydrogen) atoms. The Bertz CT molecular complexity index is 1130. The number of benzene rings is 2. The van der Waals surface area contributed by atoms with Crippen molar-refractivity contribution >= 4 is 23.2 Å². The molecule has 6 rings (SSSR count). The van der Waals surface area contributed by atoms with E-state index in [0.29, 0.717) is 5.92 Å². The maximum Gasteiger partial charge on any atom is 0.256 e. The van der Waals surface area contributed by atoms with Gasteiger partial charge in [-0.2, -0.15) is 0 Å². The van der Waals surface area contributed by atoms with E-state index in [0.717, 1.165) is 75.1 Å². The minimum atomic E-state index is -0.159. The van der Waals surface area contributed by atoms with Crippen molar-refractivity contribution < 1.29 is 9.59 Å². The van der Waals surface area contributed by atoms with Crippen LogP contribution in [-0.2, 0) is 17.6 Å². The molecule has 2 aromatic rings. The van der Waals surface area contributed by atoms with Gasteiger partial charge in [0.25, 0.3) is 5.91 Å². The van der Waals surface area contributed by atoms with E-state index < -0.39 is 0 Å². The summed E-state index contributed by atoms with van der Waals surface area (Å²) in [6.45, 7) is 2.78. The molecule has 3 fully saturated rings. The van der Waals surface area contributed by atoms with Gasteiger partial charge in [-0.3, -0.25) is 9.59 Å². The van der Waals surface area contributed by atoms with E-state index in [4.69, 9.17) is 0 Å². The number of para-hydroxylation sites is 1. The molecule has 5 heteroatoms. The number of aryl methyl sites for hydroxylation is 2. The number of amides is 2. The van der Waals surface area contributed by atoms with Crippen LogP contribution in [0.4, 0.5) is 11.4 Å². The first kappa shape index (κ1) is 24.5. The summed E-state index contributed by atoms with van der Waals surface area (Å²) < 4.78 is 0. The lowest BCUT2D eigenvalue weighted by molar-refractivity contribution is -0.124. The Morgan fingerprint density at radius 1 is 0.757 bits per heavy atom. The Morgan fingerprint density at radius 2 is 1.54 bits per heavy atom. The molecular formula is C32H41N3O2.